The average molecular weight is 345 g/mol. The molecule has 0 aromatic heterocycles. The summed E-state index contributed by atoms with van der Waals surface area (Å²) < 4.78 is 0. The lowest BCUT2D eigenvalue weighted by Crippen LogP contribution is -2.54. The number of hydrogen-bond acceptors (Lipinski definition) is 5. The standard InChI is InChI=1S/C16H15N3O4S/c1-3-8-18-15(21)12(14(20)17-16(18)24)9-10(2)11-6-4-5-7-13(11)19(22)23/h3-7,9-10H,1,8H2,2H3,(H,17,20,24)/b12-9-. The first-order chi connectivity index (χ1) is 11.4. The molecular weight excluding hydrogens is 330 g/mol. The number of carbonyl (C=O) groups is 2. The quantitative estimate of drug-likeness (QED) is 0.220. The number of nitro benzene ring substituents is 1. The maximum absolute atomic E-state index is 12.4. The lowest BCUT2D eigenvalue weighted by atomic mass is 9.95. The van der Waals surface area contributed by atoms with E-state index in [1.165, 1.54) is 23.1 Å². The molecule has 0 aliphatic carbocycles. The molecule has 1 aliphatic heterocycles. The van der Waals surface area contributed by atoms with E-state index < -0.39 is 22.7 Å². The van der Waals surface area contributed by atoms with Gasteiger partial charge in [-0.1, -0.05) is 37.3 Å². The Labute approximate surface area is 143 Å². The van der Waals surface area contributed by atoms with Crippen LogP contribution in [0.15, 0.2) is 48.6 Å². The zero-order chi connectivity index (χ0) is 17.9. The number of nitrogens with zero attached hydrogens (tertiary/aromatic N) is 2. The van der Waals surface area contributed by atoms with E-state index in [-0.39, 0.29) is 22.9 Å². The third-order valence-corrected chi connectivity index (χ3v) is 3.86. The van der Waals surface area contributed by atoms with Crippen LogP contribution < -0.4 is 5.32 Å². The van der Waals surface area contributed by atoms with Gasteiger partial charge in [0.2, 0.25) is 0 Å². The van der Waals surface area contributed by atoms with Crippen LogP contribution in [0.5, 0.6) is 0 Å². The summed E-state index contributed by atoms with van der Waals surface area (Å²) in [6.45, 7) is 5.39. The Morgan fingerprint density at radius 2 is 2.08 bits per heavy atom. The molecule has 0 radical (unpaired) electrons. The maximum Gasteiger partial charge on any atom is 0.273 e. The van der Waals surface area contributed by atoms with Crippen molar-refractivity contribution >= 4 is 34.8 Å². The van der Waals surface area contributed by atoms with Gasteiger partial charge >= 0.3 is 0 Å². The Hall–Kier alpha value is -2.87. The first-order valence-corrected chi connectivity index (χ1v) is 7.50. The summed E-state index contributed by atoms with van der Waals surface area (Å²) in [5.74, 6) is -1.67. The molecule has 1 N–H and O–H groups in total. The molecular formula is C16H15N3O4S. The van der Waals surface area contributed by atoms with Crippen LogP contribution in [0, 0.1) is 10.1 Å². The fraction of sp³-hybridized carbons (Fsp3) is 0.188. The lowest BCUT2D eigenvalue weighted by Gasteiger charge is -2.28. The van der Waals surface area contributed by atoms with Crippen LogP contribution in [-0.4, -0.2) is 33.3 Å². The third kappa shape index (κ3) is 3.38. The van der Waals surface area contributed by atoms with Crippen molar-refractivity contribution in [1.82, 2.24) is 10.2 Å². The fourth-order valence-corrected chi connectivity index (χ4v) is 2.64. The molecule has 24 heavy (non-hydrogen) atoms. The van der Waals surface area contributed by atoms with E-state index in [9.17, 15) is 19.7 Å². The summed E-state index contributed by atoms with van der Waals surface area (Å²) in [4.78, 5) is 36.4. The van der Waals surface area contributed by atoms with Crippen molar-refractivity contribution < 1.29 is 14.5 Å². The van der Waals surface area contributed by atoms with E-state index in [1.807, 2.05) is 0 Å². The minimum atomic E-state index is -0.615. The minimum absolute atomic E-state index is 0.0143. The number of thiocarbonyl (C=S) groups is 1. The van der Waals surface area contributed by atoms with E-state index in [0.29, 0.717) is 5.56 Å². The van der Waals surface area contributed by atoms with Gasteiger partial charge in [-0.05, 0) is 12.2 Å². The molecule has 8 heteroatoms. The molecule has 1 aromatic carbocycles. The molecule has 0 spiro atoms. The van der Waals surface area contributed by atoms with Gasteiger partial charge in [-0.15, -0.1) is 6.58 Å². The largest absolute Gasteiger partial charge is 0.298 e. The second-order valence-corrected chi connectivity index (χ2v) is 5.54. The molecule has 1 saturated heterocycles. The number of amides is 2. The lowest BCUT2D eigenvalue weighted by molar-refractivity contribution is -0.385. The van der Waals surface area contributed by atoms with E-state index in [4.69, 9.17) is 12.2 Å². The van der Waals surface area contributed by atoms with Crippen molar-refractivity contribution in [3.63, 3.8) is 0 Å². The van der Waals surface area contributed by atoms with E-state index >= 15 is 0 Å². The number of carbonyl (C=O) groups excluding carboxylic acids is 2. The van der Waals surface area contributed by atoms with Crippen LogP contribution in [0.3, 0.4) is 0 Å². The van der Waals surface area contributed by atoms with Gasteiger partial charge in [0.15, 0.2) is 5.11 Å². The topological polar surface area (TPSA) is 92.6 Å². The highest BCUT2D eigenvalue weighted by Gasteiger charge is 2.33. The van der Waals surface area contributed by atoms with Crippen LogP contribution in [-0.2, 0) is 9.59 Å². The van der Waals surface area contributed by atoms with E-state index in [0.717, 1.165) is 0 Å². The first kappa shape index (κ1) is 17.5. The van der Waals surface area contributed by atoms with Gasteiger partial charge in [-0.3, -0.25) is 29.9 Å². The Bertz CT molecular complexity index is 772. The zero-order valence-corrected chi connectivity index (χ0v) is 13.7. The van der Waals surface area contributed by atoms with Crippen molar-refractivity contribution in [2.75, 3.05) is 6.54 Å². The monoisotopic (exact) mass is 345 g/mol. The molecule has 2 amide bonds. The molecule has 0 saturated carbocycles. The molecule has 0 bridgehead atoms. The molecule has 1 aromatic rings. The van der Waals surface area contributed by atoms with Crippen molar-refractivity contribution in [3.05, 3.63) is 64.2 Å². The second kappa shape index (κ2) is 7.14. The molecule has 7 nitrogen and oxygen atoms in total. The van der Waals surface area contributed by atoms with Gasteiger partial charge in [-0.2, -0.15) is 0 Å². The van der Waals surface area contributed by atoms with Crippen LogP contribution in [0.4, 0.5) is 5.69 Å². The molecule has 1 unspecified atom stereocenters. The predicted molar refractivity (Wildman–Crippen MR) is 92.2 cm³/mol. The molecule has 1 heterocycles. The zero-order valence-electron chi connectivity index (χ0n) is 12.9. The number of para-hydroxylation sites is 1. The van der Waals surface area contributed by atoms with Crippen molar-refractivity contribution in [1.29, 1.82) is 0 Å². The predicted octanol–water partition coefficient (Wildman–Crippen LogP) is 2.05. The number of benzene rings is 1. The van der Waals surface area contributed by atoms with Crippen molar-refractivity contribution in [2.24, 2.45) is 0 Å². The Morgan fingerprint density at radius 1 is 1.42 bits per heavy atom. The summed E-state index contributed by atoms with van der Waals surface area (Å²) in [5.41, 5.74) is 0.249. The fourth-order valence-electron chi connectivity index (χ4n) is 2.39. The van der Waals surface area contributed by atoms with Crippen LogP contribution >= 0.6 is 12.2 Å². The normalized spacial score (nSPS) is 17.6. The number of nitrogens with one attached hydrogen (secondary N) is 1. The minimum Gasteiger partial charge on any atom is -0.298 e. The number of allylic oxidation sites excluding steroid dienone is 1. The summed E-state index contributed by atoms with van der Waals surface area (Å²) in [6, 6.07) is 6.20. The highest BCUT2D eigenvalue weighted by atomic mass is 32.1. The maximum atomic E-state index is 12.4. The Balaban J connectivity index is 2.40. The first-order valence-electron chi connectivity index (χ1n) is 7.10. The molecule has 1 aliphatic rings. The highest BCUT2D eigenvalue weighted by Crippen LogP contribution is 2.28. The smallest absolute Gasteiger partial charge is 0.273 e. The molecule has 1 fully saturated rings. The van der Waals surface area contributed by atoms with Gasteiger partial charge in [0.05, 0.1) is 4.92 Å². The van der Waals surface area contributed by atoms with Gasteiger partial charge < -0.3 is 0 Å². The highest BCUT2D eigenvalue weighted by molar-refractivity contribution is 7.80. The van der Waals surface area contributed by atoms with Crippen LogP contribution in [0.25, 0.3) is 0 Å². The number of rotatable bonds is 5. The second-order valence-electron chi connectivity index (χ2n) is 5.15. The number of hydrogen-bond donors (Lipinski definition) is 1. The van der Waals surface area contributed by atoms with Crippen LogP contribution in [0.2, 0.25) is 0 Å². The van der Waals surface area contributed by atoms with E-state index in [1.54, 1.807) is 25.1 Å². The summed E-state index contributed by atoms with van der Waals surface area (Å²) >= 11 is 4.97. The molecule has 1 atom stereocenters. The molecule has 124 valence electrons. The summed E-state index contributed by atoms with van der Waals surface area (Å²) in [5, 5.41) is 13.6. The summed E-state index contributed by atoms with van der Waals surface area (Å²) in [7, 11) is 0. The van der Waals surface area contributed by atoms with Crippen LogP contribution in [0.1, 0.15) is 18.4 Å². The van der Waals surface area contributed by atoms with Gasteiger partial charge in [0.25, 0.3) is 17.5 Å². The average Bonchev–Trinajstić information content (AvgIpc) is 2.55. The SMILES string of the molecule is C=CCN1C(=O)/C(=C\C(C)c2ccccc2[N+](=O)[O-])C(=O)NC1=S. The van der Waals surface area contributed by atoms with Crippen molar-refractivity contribution in [2.45, 2.75) is 12.8 Å². The molecule has 2 rings (SSSR count). The third-order valence-electron chi connectivity index (χ3n) is 3.54. The van der Waals surface area contributed by atoms with Crippen molar-refractivity contribution in [3.8, 4) is 0 Å². The van der Waals surface area contributed by atoms with E-state index in [2.05, 4.69) is 11.9 Å². The summed E-state index contributed by atoms with van der Waals surface area (Å²) in [6.07, 6.45) is 2.91. The Kier molecular flexibility index (Phi) is 5.20. The number of nitro groups is 1. The van der Waals surface area contributed by atoms with Gasteiger partial charge in [-0.25, -0.2) is 0 Å². The van der Waals surface area contributed by atoms with Gasteiger partial charge in [0.1, 0.15) is 5.57 Å². The Morgan fingerprint density at radius 3 is 2.71 bits per heavy atom. The van der Waals surface area contributed by atoms with Gasteiger partial charge in [0, 0.05) is 24.1 Å².